The maximum atomic E-state index is 4.52. The van der Waals surface area contributed by atoms with Crippen LogP contribution in [-0.2, 0) is 7.05 Å². The number of fused-ring (bicyclic) bond motifs is 1. The summed E-state index contributed by atoms with van der Waals surface area (Å²) in [5.41, 5.74) is 8.69. The Morgan fingerprint density at radius 1 is 0.828 bits per heavy atom. The van der Waals surface area contributed by atoms with Crippen molar-refractivity contribution in [1.82, 2.24) is 9.97 Å². The van der Waals surface area contributed by atoms with Gasteiger partial charge in [0, 0.05) is 40.9 Å². The van der Waals surface area contributed by atoms with Gasteiger partial charge in [-0.15, -0.1) is 0 Å². The number of rotatable bonds is 3. The summed E-state index contributed by atoms with van der Waals surface area (Å²) in [6.45, 7) is 10.8. The lowest BCUT2D eigenvalue weighted by atomic mass is 9.96. The standard InChI is InChI=1S/C26H28N3/c1-16(2)26-27-13-23(14-28-26)20-7-8-21-12-25(29(6)15-22(21)11-20)24-10-17(3)9-18(4)19(24)5/h7-16H,1-6H3/q+1. The molecule has 0 bridgehead atoms. The van der Waals surface area contributed by atoms with Gasteiger partial charge in [0.05, 0.1) is 0 Å². The van der Waals surface area contributed by atoms with Gasteiger partial charge in [0.2, 0.25) is 5.69 Å². The molecule has 146 valence electrons. The van der Waals surface area contributed by atoms with Gasteiger partial charge in [0.15, 0.2) is 6.20 Å². The van der Waals surface area contributed by atoms with Crippen LogP contribution in [0.5, 0.6) is 0 Å². The number of aryl methyl sites for hydroxylation is 3. The molecule has 0 unspecified atom stereocenters. The third kappa shape index (κ3) is 3.65. The predicted molar refractivity (Wildman–Crippen MR) is 120 cm³/mol. The van der Waals surface area contributed by atoms with E-state index in [1.165, 1.54) is 38.7 Å². The van der Waals surface area contributed by atoms with Crippen LogP contribution < -0.4 is 4.57 Å². The maximum absolute atomic E-state index is 4.52. The smallest absolute Gasteiger partial charge is 0.213 e. The quantitative estimate of drug-likeness (QED) is 0.417. The lowest BCUT2D eigenvalue weighted by molar-refractivity contribution is -0.659. The Bertz CT molecular complexity index is 1210. The average Bonchev–Trinajstić information content (AvgIpc) is 2.70. The molecule has 0 aliphatic heterocycles. The summed E-state index contributed by atoms with van der Waals surface area (Å²) in [6, 6.07) is 13.4. The number of aromatic nitrogens is 3. The summed E-state index contributed by atoms with van der Waals surface area (Å²) in [7, 11) is 2.12. The third-order valence-electron chi connectivity index (χ3n) is 5.70. The van der Waals surface area contributed by atoms with Crippen molar-refractivity contribution >= 4 is 10.8 Å². The van der Waals surface area contributed by atoms with Crippen LogP contribution in [0.3, 0.4) is 0 Å². The zero-order chi connectivity index (χ0) is 20.7. The molecule has 4 aromatic rings. The Balaban J connectivity index is 1.80. The van der Waals surface area contributed by atoms with E-state index in [-0.39, 0.29) is 0 Å². The molecular formula is C26H28N3+. The van der Waals surface area contributed by atoms with Crippen molar-refractivity contribution in [3.05, 3.63) is 77.5 Å². The van der Waals surface area contributed by atoms with Crippen LogP contribution in [-0.4, -0.2) is 9.97 Å². The Morgan fingerprint density at radius 2 is 1.55 bits per heavy atom. The fourth-order valence-electron chi connectivity index (χ4n) is 3.88. The van der Waals surface area contributed by atoms with E-state index in [1.54, 1.807) is 0 Å². The Labute approximate surface area is 173 Å². The molecule has 0 N–H and O–H groups in total. The van der Waals surface area contributed by atoms with Gasteiger partial charge in [-0.2, -0.15) is 0 Å². The molecule has 3 nitrogen and oxygen atoms in total. The molecule has 29 heavy (non-hydrogen) atoms. The number of hydrogen-bond acceptors (Lipinski definition) is 2. The molecule has 2 aromatic carbocycles. The molecule has 0 amide bonds. The summed E-state index contributed by atoms with van der Waals surface area (Å²) in [4.78, 5) is 9.03. The van der Waals surface area contributed by atoms with Crippen molar-refractivity contribution in [2.75, 3.05) is 0 Å². The van der Waals surface area contributed by atoms with Gasteiger partial charge in [0.25, 0.3) is 0 Å². The number of nitrogens with zero attached hydrogens (tertiary/aromatic N) is 3. The first-order valence-electron chi connectivity index (χ1n) is 10.2. The van der Waals surface area contributed by atoms with Crippen LogP contribution in [0.15, 0.2) is 55.0 Å². The lowest BCUT2D eigenvalue weighted by Gasteiger charge is -2.11. The van der Waals surface area contributed by atoms with E-state index in [1.807, 2.05) is 12.4 Å². The molecule has 4 rings (SSSR count). The minimum absolute atomic E-state index is 0.340. The van der Waals surface area contributed by atoms with E-state index in [0.29, 0.717) is 5.92 Å². The van der Waals surface area contributed by atoms with Gasteiger partial charge in [0.1, 0.15) is 12.9 Å². The molecule has 3 heteroatoms. The van der Waals surface area contributed by atoms with E-state index in [9.17, 15) is 0 Å². The summed E-state index contributed by atoms with van der Waals surface area (Å²) in [5.74, 6) is 1.22. The second-order valence-corrected chi connectivity index (χ2v) is 8.35. The van der Waals surface area contributed by atoms with Crippen molar-refractivity contribution in [2.45, 2.75) is 40.5 Å². The first-order chi connectivity index (χ1) is 13.8. The molecule has 0 atom stereocenters. The van der Waals surface area contributed by atoms with Gasteiger partial charge in [-0.3, -0.25) is 0 Å². The van der Waals surface area contributed by atoms with E-state index in [0.717, 1.165) is 17.0 Å². The summed E-state index contributed by atoms with van der Waals surface area (Å²) < 4.78 is 2.23. The Hall–Kier alpha value is -3.07. The van der Waals surface area contributed by atoms with Crippen LogP contribution in [0.2, 0.25) is 0 Å². The van der Waals surface area contributed by atoms with Crippen LogP contribution in [0.4, 0.5) is 0 Å². The molecular weight excluding hydrogens is 354 g/mol. The number of benzene rings is 2. The monoisotopic (exact) mass is 382 g/mol. The SMILES string of the molecule is Cc1cc(C)c(C)c(-c2cc3ccc(-c4cnc(C(C)C)nc4)cc3c[n+]2C)c1. The van der Waals surface area contributed by atoms with Crippen LogP contribution in [0, 0.1) is 20.8 Å². The molecule has 0 fully saturated rings. The van der Waals surface area contributed by atoms with Crippen LogP contribution >= 0.6 is 0 Å². The largest absolute Gasteiger partial charge is 0.240 e. The van der Waals surface area contributed by atoms with Gasteiger partial charge < -0.3 is 0 Å². The summed E-state index contributed by atoms with van der Waals surface area (Å²) in [5, 5.41) is 2.45. The van der Waals surface area contributed by atoms with Crippen LogP contribution in [0.1, 0.15) is 42.3 Å². The molecule has 2 aromatic heterocycles. The van der Waals surface area contributed by atoms with Crippen molar-refractivity contribution in [2.24, 2.45) is 7.05 Å². The molecule has 0 saturated carbocycles. The number of hydrogen-bond donors (Lipinski definition) is 0. The van der Waals surface area contributed by atoms with Gasteiger partial charge in [-0.05, 0) is 55.0 Å². The third-order valence-corrected chi connectivity index (χ3v) is 5.70. The molecule has 0 radical (unpaired) electrons. The highest BCUT2D eigenvalue weighted by Crippen LogP contribution is 2.29. The normalized spacial score (nSPS) is 11.4. The first-order valence-corrected chi connectivity index (χ1v) is 10.2. The van der Waals surface area contributed by atoms with Gasteiger partial charge >= 0.3 is 0 Å². The van der Waals surface area contributed by atoms with Crippen molar-refractivity contribution < 1.29 is 4.57 Å². The molecule has 0 spiro atoms. The Morgan fingerprint density at radius 3 is 2.24 bits per heavy atom. The fraction of sp³-hybridized carbons (Fsp3) is 0.269. The minimum Gasteiger partial charge on any atom is -0.240 e. The van der Waals surface area contributed by atoms with Crippen LogP contribution in [0.25, 0.3) is 33.2 Å². The second kappa shape index (κ2) is 7.40. The predicted octanol–water partition coefficient (Wildman–Crippen LogP) is 5.84. The zero-order valence-electron chi connectivity index (χ0n) is 18.1. The van der Waals surface area contributed by atoms with Gasteiger partial charge in [-0.25, -0.2) is 14.5 Å². The highest BCUT2D eigenvalue weighted by molar-refractivity contribution is 5.88. The van der Waals surface area contributed by atoms with E-state index in [2.05, 4.69) is 98.8 Å². The molecule has 0 aliphatic rings. The highest BCUT2D eigenvalue weighted by Gasteiger charge is 2.16. The summed E-state index contributed by atoms with van der Waals surface area (Å²) in [6.07, 6.45) is 6.07. The second-order valence-electron chi connectivity index (χ2n) is 8.35. The number of pyridine rings is 1. The molecule has 0 aliphatic carbocycles. The minimum atomic E-state index is 0.340. The van der Waals surface area contributed by atoms with Crippen molar-refractivity contribution in [3.8, 4) is 22.4 Å². The maximum Gasteiger partial charge on any atom is 0.213 e. The lowest BCUT2D eigenvalue weighted by Crippen LogP contribution is -2.30. The van der Waals surface area contributed by atoms with Crippen molar-refractivity contribution in [1.29, 1.82) is 0 Å². The first kappa shape index (κ1) is 19.3. The van der Waals surface area contributed by atoms with Crippen molar-refractivity contribution in [3.63, 3.8) is 0 Å². The topological polar surface area (TPSA) is 29.7 Å². The summed E-state index contributed by atoms with van der Waals surface area (Å²) >= 11 is 0. The van der Waals surface area contributed by atoms with E-state index >= 15 is 0 Å². The fourth-order valence-corrected chi connectivity index (χ4v) is 3.88. The van der Waals surface area contributed by atoms with E-state index in [4.69, 9.17) is 0 Å². The Kier molecular flexibility index (Phi) is 4.91. The van der Waals surface area contributed by atoms with E-state index < -0.39 is 0 Å². The molecule has 0 saturated heterocycles. The average molecular weight is 383 g/mol. The van der Waals surface area contributed by atoms with Gasteiger partial charge in [-0.1, -0.05) is 37.6 Å². The highest BCUT2D eigenvalue weighted by atomic mass is 14.9. The molecule has 2 heterocycles. The zero-order valence-corrected chi connectivity index (χ0v) is 18.1.